The van der Waals surface area contributed by atoms with Crippen LogP contribution in [0.5, 0.6) is 11.5 Å². The van der Waals surface area contributed by atoms with E-state index in [0.717, 1.165) is 12.8 Å². The van der Waals surface area contributed by atoms with Crippen LogP contribution in [-0.4, -0.2) is 33.3 Å². The van der Waals surface area contributed by atoms with Crippen LogP contribution in [0.1, 0.15) is 39.0 Å². The first-order valence-corrected chi connectivity index (χ1v) is 12.3. The maximum Gasteiger partial charge on any atom is 0.262 e. The Labute approximate surface area is 189 Å². The second-order valence-electron chi connectivity index (χ2n) is 7.36. The summed E-state index contributed by atoms with van der Waals surface area (Å²) in [6.07, 6.45) is 5.89. The van der Waals surface area contributed by atoms with Gasteiger partial charge in [0.25, 0.3) is 10.0 Å². The Balaban J connectivity index is 1.69. The van der Waals surface area contributed by atoms with E-state index in [4.69, 9.17) is 21.7 Å². The van der Waals surface area contributed by atoms with Crippen LogP contribution in [0.15, 0.2) is 47.4 Å². The molecule has 0 spiro atoms. The van der Waals surface area contributed by atoms with E-state index in [9.17, 15) is 8.42 Å². The summed E-state index contributed by atoms with van der Waals surface area (Å²) in [7, 11) is -2.29. The van der Waals surface area contributed by atoms with Gasteiger partial charge in [-0.25, -0.2) is 8.42 Å². The zero-order valence-corrected chi connectivity index (χ0v) is 19.4. The SMILES string of the molecule is CCOc1ccc(NS(=O)(=O)c2ccc(NC(=S)NC3CCCCC3)c(OC)c2)cc1. The van der Waals surface area contributed by atoms with Gasteiger partial charge in [0.1, 0.15) is 11.5 Å². The Morgan fingerprint density at radius 1 is 1.10 bits per heavy atom. The molecule has 0 bridgehead atoms. The van der Waals surface area contributed by atoms with Gasteiger partial charge in [0, 0.05) is 17.8 Å². The molecule has 0 saturated heterocycles. The molecule has 0 aromatic heterocycles. The molecule has 1 fully saturated rings. The molecular weight excluding hydrogens is 434 g/mol. The highest BCUT2D eigenvalue weighted by atomic mass is 32.2. The molecule has 2 aromatic carbocycles. The molecule has 1 saturated carbocycles. The predicted molar refractivity (Wildman–Crippen MR) is 128 cm³/mol. The van der Waals surface area contributed by atoms with Gasteiger partial charge >= 0.3 is 0 Å². The average molecular weight is 464 g/mol. The van der Waals surface area contributed by atoms with Crippen LogP contribution in [0.2, 0.25) is 0 Å². The van der Waals surface area contributed by atoms with Gasteiger partial charge in [-0.3, -0.25) is 4.72 Å². The van der Waals surface area contributed by atoms with E-state index in [2.05, 4.69) is 15.4 Å². The van der Waals surface area contributed by atoms with E-state index in [1.54, 1.807) is 30.3 Å². The lowest BCUT2D eigenvalue weighted by Gasteiger charge is -2.24. The fraction of sp³-hybridized carbons (Fsp3) is 0.409. The minimum Gasteiger partial charge on any atom is -0.495 e. The largest absolute Gasteiger partial charge is 0.495 e. The van der Waals surface area contributed by atoms with E-state index in [0.29, 0.717) is 40.6 Å². The molecule has 31 heavy (non-hydrogen) atoms. The number of nitrogens with one attached hydrogen (secondary N) is 3. The highest BCUT2D eigenvalue weighted by molar-refractivity contribution is 7.92. The molecule has 0 heterocycles. The van der Waals surface area contributed by atoms with Crippen LogP contribution < -0.4 is 24.8 Å². The lowest BCUT2D eigenvalue weighted by molar-refractivity contribution is 0.340. The van der Waals surface area contributed by atoms with Gasteiger partial charge in [-0.15, -0.1) is 0 Å². The molecular formula is C22H29N3O4S2. The van der Waals surface area contributed by atoms with Crippen LogP contribution in [0.25, 0.3) is 0 Å². The number of methoxy groups -OCH3 is 1. The molecule has 2 aromatic rings. The third-order valence-corrected chi connectivity index (χ3v) is 6.69. The van der Waals surface area contributed by atoms with Crippen LogP contribution in [0.4, 0.5) is 11.4 Å². The quantitative estimate of drug-likeness (QED) is 0.496. The molecule has 0 atom stereocenters. The van der Waals surface area contributed by atoms with Crippen LogP contribution in [0, 0.1) is 0 Å². The van der Waals surface area contributed by atoms with E-state index >= 15 is 0 Å². The molecule has 0 unspecified atom stereocenters. The number of benzene rings is 2. The molecule has 0 aliphatic heterocycles. The van der Waals surface area contributed by atoms with Gasteiger partial charge < -0.3 is 20.1 Å². The monoisotopic (exact) mass is 463 g/mol. The highest BCUT2D eigenvalue weighted by Gasteiger charge is 2.19. The van der Waals surface area contributed by atoms with Crippen molar-refractivity contribution in [3.63, 3.8) is 0 Å². The average Bonchev–Trinajstić information content (AvgIpc) is 2.76. The fourth-order valence-electron chi connectivity index (χ4n) is 3.53. The van der Waals surface area contributed by atoms with E-state index < -0.39 is 10.0 Å². The molecule has 1 aliphatic rings. The lowest BCUT2D eigenvalue weighted by atomic mass is 9.96. The second kappa shape index (κ2) is 10.7. The first-order valence-electron chi connectivity index (χ1n) is 10.4. The van der Waals surface area contributed by atoms with E-state index in [-0.39, 0.29) is 4.90 Å². The van der Waals surface area contributed by atoms with Crippen molar-refractivity contribution in [2.24, 2.45) is 0 Å². The van der Waals surface area contributed by atoms with E-state index in [1.807, 2.05) is 6.92 Å². The van der Waals surface area contributed by atoms with Crippen molar-refractivity contribution >= 4 is 38.7 Å². The van der Waals surface area contributed by atoms with Gasteiger partial charge in [0.15, 0.2) is 5.11 Å². The molecule has 7 nitrogen and oxygen atoms in total. The molecule has 3 N–H and O–H groups in total. The maximum absolute atomic E-state index is 12.8. The molecule has 0 radical (unpaired) electrons. The molecule has 0 amide bonds. The number of anilines is 2. The number of ether oxygens (including phenoxy) is 2. The summed E-state index contributed by atoms with van der Waals surface area (Å²) in [6, 6.07) is 11.8. The third-order valence-electron chi connectivity index (χ3n) is 5.09. The normalized spacial score (nSPS) is 14.5. The summed E-state index contributed by atoms with van der Waals surface area (Å²) in [5, 5.41) is 6.96. The van der Waals surface area contributed by atoms with Gasteiger partial charge in [-0.2, -0.15) is 0 Å². The summed E-state index contributed by atoms with van der Waals surface area (Å²) in [5.41, 5.74) is 1.05. The van der Waals surface area contributed by atoms with Crippen molar-refractivity contribution in [2.45, 2.75) is 50.0 Å². The van der Waals surface area contributed by atoms with Gasteiger partial charge in [0.2, 0.25) is 0 Å². The Bertz CT molecular complexity index is 988. The standard InChI is InChI=1S/C22H29N3O4S2/c1-3-29-18-11-9-17(10-12-18)25-31(26,27)19-13-14-20(21(15-19)28-2)24-22(30)23-16-7-5-4-6-8-16/h9-16,25H,3-8H2,1-2H3,(H2,23,24,30). The first-order chi connectivity index (χ1) is 14.9. The number of rotatable bonds is 8. The number of sulfonamides is 1. The van der Waals surface area contributed by atoms with Crippen molar-refractivity contribution < 1.29 is 17.9 Å². The number of hydrogen-bond acceptors (Lipinski definition) is 5. The van der Waals surface area contributed by atoms with Crippen molar-refractivity contribution in [1.29, 1.82) is 0 Å². The topological polar surface area (TPSA) is 88.7 Å². The number of thiocarbonyl (C=S) groups is 1. The van der Waals surface area contributed by atoms with Crippen LogP contribution in [0.3, 0.4) is 0 Å². The van der Waals surface area contributed by atoms with Gasteiger partial charge in [-0.05, 0) is 68.4 Å². The second-order valence-corrected chi connectivity index (χ2v) is 9.45. The van der Waals surface area contributed by atoms with Crippen molar-refractivity contribution in [2.75, 3.05) is 23.8 Å². The van der Waals surface area contributed by atoms with Crippen molar-refractivity contribution in [3.05, 3.63) is 42.5 Å². The van der Waals surface area contributed by atoms with E-state index in [1.165, 1.54) is 38.5 Å². The van der Waals surface area contributed by atoms with Crippen molar-refractivity contribution in [3.8, 4) is 11.5 Å². The minimum absolute atomic E-state index is 0.0925. The fourth-order valence-corrected chi connectivity index (χ4v) is 4.88. The number of hydrogen-bond donors (Lipinski definition) is 3. The summed E-state index contributed by atoms with van der Waals surface area (Å²) in [4.78, 5) is 0.0925. The van der Waals surface area contributed by atoms with Crippen LogP contribution >= 0.6 is 12.2 Å². The van der Waals surface area contributed by atoms with Crippen molar-refractivity contribution in [1.82, 2.24) is 5.32 Å². The first kappa shape index (κ1) is 23.1. The summed E-state index contributed by atoms with van der Waals surface area (Å²) in [6.45, 7) is 2.44. The van der Waals surface area contributed by atoms with Crippen LogP contribution in [-0.2, 0) is 10.0 Å². The zero-order valence-electron chi connectivity index (χ0n) is 17.8. The summed E-state index contributed by atoms with van der Waals surface area (Å²) >= 11 is 5.43. The minimum atomic E-state index is -3.79. The third kappa shape index (κ3) is 6.48. The summed E-state index contributed by atoms with van der Waals surface area (Å²) in [5.74, 6) is 1.07. The predicted octanol–water partition coefficient (Wildman–Crippen LogP) is 4.51. The molecule has 3 rings (SSSR count). The zero-order chi connectivity index (χ0) is 22.3. The summed E-state index contributed by atoms with van der Waals surface area (Å²) < 4.78 is 39.0. The Hall–Kier alpha value is -2.52. The molecule has 9 heteroatoms. The highest BCUT2D eigenvalue weighted by Crippen LogP contribution is 2.29. The molecule has 168 valence electrons. The maximum atomic E-state index is 12.8. The Kier molecular flexibility index (Phi) is 7.97. The smallest absolute Gasteiger partial charge is 0.262 e. The van der Waals surface area contributed by atoms with Gasteiger partial charge in [-0.1, -0.05) is 19.3 Å². The van der Waals surface area contributed by atoms with Gasteiger partial charge in [0.05, 0.1) is 24.3 Å². The Morgan fingerprint density at radius 2 is 1.81 bits per heavy atom. The Morgan fingerprint density at radius 3 is 2.45 bits per heavy atom. The molecule has 1 aliphatic carbocycles. The lowest BCUT2D eigenvalue weighted by Crippen LogP contribution is -2.38.